The number of pyridine rings is 2. The van der Waals surface area contributed by atoms with Gasteiger partial charge in [0.1, 0.15) is 5.82 Å². The van der Waals surface area contributed by atoms with Crippen LogP contribution in [0.2, 0.25) is 0 Å². The maximum Gasteiger partial charge on any atom is 0.137 e. The molecule has 0 saturated carbocycles. The van der Waals surface area contributed by atoms with Crippen LogP contribution in [0, 0.1) is 3.57 Å². The number of nitrogens with two attached hydrogens (primary N) is 1. The number of aromatic nitrogens is 3. The van der Waals surface area contributed by atoms with Crippen molar-refractivity contribution in [3.05, 3.63) is 58.7 Å². The Bertz CT molecular complexity index is 975. The molecule has 4 aromatic rings. The lowest BCUT2D eigenvalue weighted by atomic mass is 10.1. The minimum absolute atomic E-state index is 0.773. The van der Waals surface area contributed by atoms with Gasteiger partial charge >= 0.3 is 0 Å². The molecule has 0 atom stereocenters. The van der Waals surface area contributed by atoms with Gasteiger partial charge < -0.3 is 5.73 Å². The van der Waals surface area contributed by atoms with Crippen LogP contribution in [0.5, 0.6) is 0 Å². The van der Waals surface area contributed by atoms with Crippen molar-refractivity contribution in [2.45, 2.75) is 0 Å². The maximum absolute atomic E-state index is 6.14. The first-order valence-electron chi connectivity index (χ1n) is 6.48. The Morgan fingerprint density at radius 1 is 1.05 bits per heavy atom. The van der Waals surface area contributed by atoms with Crippen molar-refractivity contribution in [3.8, 4) is 5.82 Å². The largest absolute Gasteiger partial charge is 0.398 e. The molecule has 4 rings (SSSR count). The standard InChI is InChI=1S/C16H11IN4/c17-12-5-11-8-20-16(7-13(11)14(18)6-12)21-4-2-10-1-3-19-9-15(10)21/h1-9H,18H2. The Morgan fingerprint density at radius 3 is 2.86 bits per heavy atom. The summed E-state index contributed by atoms with van der Waals surface area (Å²) in [5.41, 5.74) is 7.95. The first-order valence-corrected chi connectivity index (χ1v) is 7.56. The fourth-order valence-electron chi connectivity index (χ4n) is 2.54. The zero-order chi connectivity index (χ0) is 14.4. The molecule has 0 bridgehead atoms. The molecule has 5 heteroatoms. The van der Waals surface area contributed by atoms with E-state index in [0.29, 0.717) is 0 Å². The van der Waals surface area contributed by atoms with Crippen molar-refractivity contribution in [1.29, 1.82) is 0 Å². The molecule has 0 aliphatic carbocycles. The van der Waals surface area contributed by atoms with E-state index < -0.39 is 0 Å². The Hall–Kier alpha value is -2.15. The molecule has 2 N–H and O–H groups in total. The number of anilines is 1. The lowest BCUT2D eigenvalue weighted by molar-refractivity contribution is 1.05. The second kappa shape index (κ2) is 4.70. The topological polar surface area (TPSA) is 56.7 Å². The first kappa shape index (κ1) is 12.6. The average Bonchev–Trinajstić information content (AvgIpc) is 2.91. The first-order chi connectivity index (χ1) is 10.2. The fraction of sp³-hybridized carbons (Fsp3) is 0. The smallest absolute Gasteiger partial charge is 0.137 e. The molecule has 21 heavy (non-hydrogen) atoms. The molecule has 3 aromatic heterocycles. The summed E-state index contributed by atoms with van der Waals surface area (Å²) < 4.78 is 3.14. The van der Waals surface area contributed by atoms with Gasteiger partial charge in [-0.25, -0.2) is 4.98 Å². The number of nitrogen functional groups attached to an aromatic ring is 1. The van der Waals surface area contributed by atoms with Gasteiger partial charge in [-0.3, -0.25) is 9.55 Å². The highest BCUT2D eigenvalue weighted by Gasteiger charge is 2.07. The molecular weight excluding hydrogens is 375 g/mol. The van der Waals surface area contributed by atoms with Crippen LogP contribution in [-0.2, 0) is 0 Å². The molecule has 0 amide bonds. The highest BCUT2D eigenvalue weighted by molar-refractivity contribution is 14.1. The average molecular weight is 386 g/mol. The molecule has 4 nitrogen and oxygen atoms in total. The normalized spacial score (nSPS) is 11.3. The molecule has 1 aromatic carbocycles. The molecule has 3 heterocycles. The molecular formula is C16H11IN4. The number of hydrogen-bond donors (Lipinski definition) is 1. The van der Waals surface area contributed by atoms with E-state index in [0.717, 1.165) is 36.8 Å². The highest BCUT2D eigenvalue weighted by Crippen LogP contribution is 2.26. The summed E-state index contributed by atoms with van der Waals surface area (Å²) in [7, 11) is 0. The third kappa shape index (κ3) is 2.04. The molecule has 102 valence electrons. The van der Waals surface area contributed by atoms with E-state index >= 15 is 0 Å². The predicted molar refractivity (Wildman–Crippen MR) is 93.5 cm³/mol. The van der Waals surface area contributed by atoms with Gasteiger partial charge in [0.2, 0.25) is 0 Å². The van der Waals surface area contributed by atoms with Gasteiger partial charge in [-0.2, -0.15) is 0 Å². The van der Waals surface area contributed by atoms with Crippen LogP contribution in [-0.4, -0.2) is 14.5 Å². The fourth-order valence-corrected chi connectivity index (χ4v) is 3.21. The molecule has 0 aliphatic heterocycles. The van der Waals surface area contributed by atoms with Gasteiger partial charge in [-0.05, 0) is 52.9 Å². The van der Waals surface area contributed by atoms with E-state index in [9.17, 15) is 0 Å². The number of benzene rings is 1. The van der Waals surface area contributed by atoms with Crippen molar-refractivity contribution >= 4 is 50.0 Å². The minimum atomic E-state index is 0.773. The van der Waals surface area contributed by atoms with Crippen molar-refractivity contribution in [1.82, 2.24) is 14.5 Å². The number of fused-ring (bicyclic) bond motifs is 2. The van der Waals surface area contributed by atoms with Crippen molar-refractivity contribution < 1.29 is 0 Å². The summed E-state index contributed by atoms with van der Waals surface area (Å²) in [5, 5.41) is 3.21. The van der Waals surface area contributed by atoms with Gasteiger partial charge in [-0.15, -0.1) is 0 Å². The molecule has 0 spiro atoms. The minimum Gasteiger partial charge on any atom is -0.398 e. The molecule has 0 saturated heterocycles. The molecule has 0 unspecified atom stereocenters. The Balaban J connectivity index is 1.99. The van der Waals surface area contributed by atoms with E-state index in [1.165, 1.54) is 0 Å². The zero-order valence-electron chi connectivity index (χ0n) is 11.0. The van der Waals surface area contributed by atoms with Crippen LogP contribution < -0.4 is 5.73 Å². The summed E-state index contributed by atoms with van der Waals surface area (Å²) in [6.45, 7) is 0. The zero-order valence-corrected chi connectivity index (χ0v) is 13.2. The number of hydrogen-bond acceptors (Lipinski definition) is 3. The van der Waals surface area contributed by atoms with Crippen LogP contribution in [0.4, 0.5) is 5.69 Å². The van der Waals surface area contributed by atoms with Gasteiger partial charge in [0.05, 0.1) is 11.7 Å². The van der Waals surface area contributed by atoms with E-state index in [-0.39, 0.29) is 0 Å². The third-order valence-corrected chi connectivity index (χ3v) is 4.18. The van der Waals surface area contributed by atoms with E-state index in [4.69, 9.17) is 5.73 Å². The summed E-state index contributed by atoms with van der Waals surface area (Å²) >= 11 is 2.26. The van der Waals surface area contributed by atoms with E-state index in [2.05, 4.69) is 44.7 Å². The summed E-state index contributed by atoms with van der Waals surface area (Å²) in [5.74, 6) is 0.846. The SMILES string of the molecule is Nc1cc(I)cc2cnc(-n3ccc4ccncc43)cc12. The lowest BCUT2D eigenvalue weighted by Gasteiger charge is -2.08. The van der Waals surface area contributed by atoms with Gasteiger partial charge in [-0.1, -0.05) is 0 Å². The van der Waals surface area contributed by atoms with Gasteiger partial charge in [0, 0.05) is 44.0 Å². The Labute approximate surface area is 134 Å². The van der Waals surface area contributed by atoms with Crippen LogP contribution in [0.3, 0.4) is 0 Å². The second-order valence-corrected chi connectivity index (χ2v) is 6.12. The number of rotatable bonds is 1. The third-order valence-electron chi connectivity index (χ3n) is 3.56. The van der Waals surface area contributed by atoms with E-state index in [1.807, 2.05) is 41.4 Å². The summed E-state index contributed by atoms with van der Waals surface area (Å²) in [6.07, 6.45) is 7.51. The van der Waals surface area contributed by atoms with Crippen molar-refractivity contribution in [2.24, 2.45) is 0 Å². The van der Waals surface area contributed by atoms with Crippen LogP contribution in [0.15, 0.2) is 55.1 Å². The van der Waals surface area contributed by atoms with Gasteiger partial charge in [0.25, 0.3) is 0 Å². The predicted octanol–water partition coefficient (Wildman–Crippen LogP) is 3.76. The number of halogens is 1. The Kier molecular flexibility index (Phi) is 2.81. The highest BCUT2D eigenvalue weighted by atomic mass is 127. The lowest BCUT2D eigenvalue weighted by Crippen LogP contribution is -1.97. The van der Waals surface area contributed by atoms with Crippen LogP contribution >= 0.6 is 22.6 Å². The quantitative estimate of drug-likeness (QED) is 0.400. The molecule has 0 radical (unpaired) electrons. The van der Waals surface area contributed by atoms with Gasteiger partial charge in [0.15, 0.2) is 0 Å². The summed E-state index contributed by atoms with van der Waals surface area (Å²) in [4.78, 5) is 8.75. The van der Waals surface area contributed by atoms with E-state index in [1.54, 1.807) is 6.20 Å². The summed E-state index contributed by atoms with van der Waals surface area (Å²) in [6, 6.07) is 10.1. The van der Waals surface area contributed by atoms with Crippen molar-refractivity contribution in [2.75, 3.05) is 5.73 Å². The Morgan fingerprint density at radius 2 is 1.95 bits per heavy atom. The maximum atomic E-state index is 6.14. The monoisotopic (exact) mass is 386 g/mol. The second-order valence-electron chi connectivity index (χ2n) is 4.88. The van der Waals surface area contributed by atoms with Crippen LogP contribution in [0.1, 0.15) is 0 Å². The molecule has 0 aliphatic rings. The molecule has 0 fully saturated rings. The number of nitrogens with zero attached hydrogens (tertiary/aromatic N) is 3. The van der Waals surface area contributed by atoms with Crippen molar-refractivity contribution in [3.63, 3.8) is 0 Å². The van der Waals surface area contributed by atoms with Crippen LogP contribution in [0.25, 0.3) is 27.5 Å².